The molecular formula is C9H10O6. The van der Waals surface area contributed by atoms with Crippen molar-refractivity contribution in [2.75, 3.05) is 0 Å². The second-order valence-electron chi connectivity index (χ2n) is 3.12. The van der Waals surface area contributed by atoms with Gasteiger partial charge in [0.2, 0.25) is 6.29 Å². The Morgan fingerprint density at radius 2 is 2.13 bits per heavy atom. The van der Waals surface area contributed by atoms with Gasteiger partial charge < -0.3 is 15.1 Å². The van der Waals surface area contributed by atoms with Crippen LogP contribution in [0.25, 0.3) is 0 Å². The van der Waals surface area contributed by atoms with Crippen LogP contribution in [0, 0.1) is 0 Å². The normalized spacial score (nSPS) is 24.7. The maximum Gasteiger partial charge on any atom is 0.222 e. The molecule has 2 unspecified atom stereocenters. The molecule has 1 saturated heterocycles. The molecular weight excluding hydrogens is 204 g/mol. The molecule has 0 saturated carbocycles. The third-order valence-electron chi connectivity index (χ3n) is 2.20. The quantitative estimate of drug-likeness (QED) is 0.497. The Kier molecular flexibility index (Phi) is 2.85. The van der Waals surface area contributed by atoms with Crippen LogP contribution in [0.15, 0.2) is 18.2 Å². The van der Waals surface area contributed by atoms with Crippen molar-refractivity contribution >= 4 is 0 Å². The lowest BCUT2D eigenvalue weighted by Crippen LogP contribution is -2.35. The second kappa shape index (κ2) is 4.13. The van der Waals surface area contributed by atoms with Crippen molar-refractivity contribution in [2.24, 2.45) is 0 Å². The van der Waals surface area contributed by atoms with Crippen molar-refractivity contribution in [3.63, 3.8) is 0 Å². The summed E-state index contributed by atoms with van der Waals surface area (Å²) < 4.78 is 0. The SMILES string of the molecule is OCc1cc(C2OOC2O)ccc1OO. The topological polar surface area (TPSA) is 88.4 Å². The fourth-order valence-electron chi connectivity index (χ4n) is 1.37. The van der Waals surface area contributed by atoms with Gasteiger partial charge in [-0.05, 0) is 17.7 Å². The molecule has 1 aromatic carbocycles. The number of aliphatic hydroxyl groups excluding tert-OH is 2. The Bertz CT molecular complexity index is 352. The van der Waals surface area contributed by atoms with E-state index in [4.69, 9.17) is 15.5 Å². The molecule has 1 heterocycles. The molecule has 1 aromatic rings. The number of hydrogen-bond acceptors (Lipinski definition) is 6. The van der Waals surface area contributed by atoms with E-state index in [-0.39, 0.29) is 12.4 Å². The molecule has 0 aromatic heterocycles. The van der Waals surface area contributed by atoms with Crippen molar-refractivity contribution in [1.29, 1.82) is 0 Å². The van der Waals surface area contributed by atoms with Crippen LogP contribution in [0.5, 0.6) is 5.75 Å². The predicted octanol–water partition coefficient (Wildman–Crippen LogP) is 0.352. The van der Waals surface area contributed by atoms with E-state index in [0.717, 1.165) is 0 Å². The molecule has 3 N–H and O–H groups in total. The third-order valence-corrected chi connectivity index (χ3v) is 2.20. The molecule has 15 heavy (non-hydrogen) atoms. The third kappa shape index (κ3) is 1.81. The van der Waals surface area contributed by atoms with E-state index in [1.165, 1.54) is 6.07 Å². The van der Waals surface area contributed by atoms with Crippen LogP contribution in [0.1, 0.15) is 17.2 Å². The van der Waals surface area contributed by atoms with Gasteiger partial charge in [0.15, 0.2) is 11.9 Å². The molecule has 6 nitrogen and oxygen atoms in total. The van der Waals surface area contributed by atoms with Crippen molar-refractivity contribution in [1.82, 2.24) is 0 Å². The van der Waals surface area contributed by atoms with Crippen molar-refractivity contribution < 1.29 is 30.1 Å². The lowest BCUT2D eigenvalue weighted by molar-refractivity contribution is -0.517. The van der Waals surface area contributed by atoms with Crippen molar-refractivity contribution in [3.05, 3.63) is 29.3 Å². The largest absolute Gasteiger partial charge is 0.392 e. The molecule has 1 aliphatic rings. The first-order chi connectivity index (χ1) is 7.26. The standard InChI is InChI=1S/C9H10O6/c10-4-6-3-5(1-2-7(6)13-12)8-9(11)15-14-8/h1-3,8-12H,4H2. The van der Waals surface area contributed by atoms with E-state index in [1.54, 1.807) is 12.1 Å². The van der Waals surface area contributed by atoms with E-state index < -0.39 is 12.4 Å². The highest BCUT2D eigenvalue weighted by Crippen LogP contribution is 2.33. The monoisotopic (exact) mass is 214 g/mol. The average Bonchev–Trinajstić information content (AvgIpc) is 2.26. The van der Waals surface area contributed by atoms with Crippen LogP contribution < -0.4 is 4.89 Å². The molecule has 0 radical (unpaired) electrons. The van der Waals surface area contributed by atoms with Gasteiger partial charge in [0.1, 0.15) is 0 Å². The van der Waals surface area contributed by atoms with Gasteiger partial charge in [-0.2, -0.15) is 0 Å². The highest BCUT2D eigenvalue weighted by atomic mass is 17.3. The molecule has 2 rings (SSSR count). The summed E-state index contributed by atoms with van der Waals surface area (Å²) in [6.45, 7) is -0.284. The number of aliphatic hydroxyl groups is 2. The molecule has 0 aliphatic carbocycles. The van der Waals surface area contributed by atoms with Gasteiger partial charge in [-0.1, -0.05) is 6.07 Å². The van der Waals surface area contributed by atoms with Crippen LogP contribution in [-0.4, -0.2) is 21.8 Å². The molecule has 2 atom stereocenters. The number of rotatable bonds is 3. The fourth-order valence-corrected chi connectivity index (χ4v) is 1.37. The van der Waals surface area contributed by atoms with Crippen molar-refractivity contribution in [2.45, 2.75) is 19.0 Å². The van der Waals surface area contributed by atoms with Gasteiger partial charge in [0.25, 0.3) is 0 Å². The highest BCUT2D eigenvalue weighted by molar-refractivity contribution is 5.37. The van der Waals surface area contributed by atoms with Crippen molar-refractivity contribution in [3.8, 4) is 5.75 Å². The van der Waals surface area contributed by atoms with Crippen LogP contribution in [0.2, 0.25) is 0 Å². The fraction of sp³-hybridized carbons (Fsp3) is 0.333. The molecule has 0 amide bonds. The van der Waals surface area contributed by atoms with Gasteiger partial charge in [-0.25, -0.2) is 15.0 Å². The maximum absolute atomic E-state index is 9.16. The van der Waals surface area contributed by atoms with Gasteiger partial charge in [-0.15, -0.1) is 0 Å². The van der Waals surface area contributed by atoms with E-state index in [9.17, 15) is 0 Å². The van der Waals surface area contributed by atoms with Crippen LogP contribution in [-0.2, 0) is 16.4 Å². The van der Waals surface area contributed by atoms with Gasteiger partial charge in [0.05, 0.1) is 6.61 Å². The first-order valence-corrected chi connectivity index (χ1v) is 4.31. The zero-order chi connectivity index (χ0) is 10.8. The zero-order valence-corrected chi connectivity index (χ0v) is 7.66. The van der Waals surface area contributed by atoms with Crippen LogP contribution >= 0.6 is 0 Å². The lowest BCUT2D eigenvalue weighted by Gasteiger charge is -2.30. The Labute approximate surface area is 85.1 Å². The van der Waals surface area contributed by atoms with Crippen LogP contribution in [0.3, 0.4) is 0 Å². The van der Waals surface area contributed by atoms with Gasteiger partial charge in [0, 0.05) is 5.56 Å². The first kappa shape index (κ1) is 10.3. The summed E-state index contributed by atoms with van der Waals surface area (Å²) in [5, 5.41) is 26.6. The highest BCUT2D eigenvalue weighted by Gasteiger charge is 2.34. The summed E-state index contributed by atoms with van der Waals surface area (Å²) in [4.78, 5) is 13.1. The minimum Gasteiger partial charge on any atom is -0.392 e. The lowest BCUT2D eigenvalue weighted by atomic mass is 10.0. The summed E-state index contributed by atoms with van der Waals surface area (Å²) in [7, 11) is 0. The molecule has 6 heteroatoms. The van der Waals surface area contributed by atoms with E-state index in [2.05, 4.69) is 14.7 Å². The molecule has 1 fully saturated rings. The summed E-state index contributed by atoms with van der Waals surface area (Å²) in [5.41, 5.74) is 1.04. The maximum atomic E-state index is 9.16. The summed E-state index contributed by atoms with van der Waals surface area (Å²) in [5.74, 6) is 0.163. The predicted molar refractivity (Wildman–Crippen MR) is 46.5 cm³/mol. The average molecular weight is 214 g/mol. The van der Waals surface area contributed by atoms with E-state index in [1.807, 2.05) is 0 Å². The zero-order valence-electron chi connectivity index (χ0n) is 7.66. The Morgan fingerprint density at radius 3 is 2.60 bits per heavy atom. The van der Waals surface area contributed by atoms with Crippen LogP contribution in [0.4, 0.5) is 0 Å². The minimum absolute atomic E-state index is 0.163. The smallest absolute Gasteiger partial charge is 0.222 e. The number of hydrogen-bond donors (Lipinski definition) is 3. The van der Waals surface area contributed by atoms with Gasteiger partial charge in [-0.3, -0.25) is 0 Å². The summed E-state index contributed by atoms with van der Waals surface area (Å²) in [6, 6.07) is 4.62. The van der Waals surface area contributed by atoms with Gasteiger partial charge >= 0.3 is 0 Å². The number of benzene rings is 1. The molecule has 0 spiro atoms. The Morgan fingerprint density at radius 1 is 1.33 bits per heavy atom. The summed E-state index contributed by atoms with van der Waals surface area (Å²) in [6.07, 6.45) is -1.57. The molecule has 1 aliphatic heterocycles. The Hall–Kier alpha value is -1.18. The summed E-state index contributed by atoms with van der Waals surface area (Å²) >= 11 is 0. The second-order valence-corrected chi connectivity index (χ2v) is 3.12. The minimum atomic E-state index is -1.00. The Balaban J connectivity index is 2.26. The molecule has 0 bridgehead atoms. The first-order valence-electron chi connectivity index (χ1n) is 4.31. The van der Waals surface area contributed by atoms with E-state index >= 15 is 0 Å². The van der Waals surface area contributed by atoms with E-state index in [0.29, 0.717) is 11.1 Å². The molecule has 82 valence electrons.